The standard InChI is InChI=1S/C19H19N3O2/c1-3-11-20-13-18(23)22-17-10-5-4-9-16(17)19(24)21-15-8-6-7-14(2)12-15/h1,4-10,12,20H,11,13H2,2H3,(H,21,24)(H,22,23). The molecule has 2 aromatic rings. The Morgan fingerprint density at radius 1 is 1.08 bits per heavy atom. The van der Waals surface area contributed by atoms with Gasteiger partial charge in [0.25, 0.3) is 5.91 Å². The second kappa shape index (κ2) is 8.51. The minimum absolute atomic E-state index is 0.0814. The number of hydrogen-bond donors (Lipinski definition) is 3. The average Bonchev–Trinajstić information content (AvgIpc) is 2.55. The number of carbonyl (C=O) groups is 2. The lowest BCUT2D eigenvalue weighted by molar-refractivity contribution is -0.115. The molecule has 0 spiro atoms. The van der Waals surface area contributed by atoms with Gasteiger partial charge in [0.15, 0.2) is 0 Å². The molecule has 3 N–H and O–H groups in total. The van der Waals surface area contributed by atoms with Gasteiger partial charge in [0.2, 0.25) is 5.91 Å². The molecule has 2 aromatic carbocycles. The molecule has 0 aliphatic heterocycles. The van der Waals surface area contributed by atoms with Crippen LogP contribution in [0.15, 0.2) is 48.5 Å². The first-order valence-corrected chi connectivity index (χ1v) is 7.51. The monoisotopic (exact) mass is 321 g/mol. The highest BCUT2D eigenvalue weighted by Gasteiger charge is 2.13. The first-order chi connectivity index (χ1) is 11.6. The van der Waals surface area contributed by atoms with E-state index in [0.29, 0.717) is 23.5 Å². The summed E-state index contributed by atoms with van der Waals surface area (Å²) in [5.41, 5.74) is 2.60. The van der Waals surface area contributed by atoms with Crippen molar-refractivity contribution in [1.29, 1.82) is 0 Å². The van der Waals surface area contributed by atoms with Gasteiger partial charge in [0, 0.05) is 5.69 Å². The van der Waals surface area contributed by atoms with E-state index < -0.39 is 0 Å². The van der Waals surface area contributed by atoms with E-state index in [4.69, 9.17) is 6.42 Å². The maximum absolute atomic E-state index is 12.5. The van der Waals surface area contributed by atoms with Crippen LogP contribution in [0.25, 0.3) is 0 Å². The van der Waals surface area contributed by atoms with Crippen molar-refractivity contribution in [3.05, 3.63) is 59.7 Å². The van der Waals surface area contributed by atoms with Crippen LogP contribution in [0.3, 0.4) is 0 Å². The predicted molar refractivity (Wildman–Crippen MR) is 95.9 cm³/mol. The summed E-state index contributed by atoms with van der Waals surface area (Å²) in [4.78, 5) is 24.4. The molecule has 0 atom stereocenters. The van der Waals surface area contributed by atoms with Crippen molar-refractivity contribution in [2.24, 2.45) is 0 Å². The Kier molecular flexibility index (Phi) is 6.12. The summed E-state index contributed by atoms with van der Waals surface area (Å²) in [6.07, 6.45) is 5.12. The van der Waals surface area contributed by atoms with Gasteiger partial charge in [0.05, 0.1) is 24.3 Å². The van der Waals surface area contributed by atoms with Gasteiger partial charge in [-0.2, -0.15) is 0 Å². The Labute approximate surface area is 141 Å². The lowest BCUT2D eigenvalue weighted by atomic mass is 10.1. The summed E-state index contributed by atoms with van der Waals surface area (Å²) in [6, 6.07) is 14.4. The zero-order valence-electron chi connectivity index (χ0n) is 13.4. The highest BCUT2D eigenvalue weighted by molar-refractivity contribution is 6.10. The van der Waals surface area contributed by atoms with E-state index in [9.17, 15) is 9.59 Å². The summed E-state index contributed by atoms with van der Waals surface area (Å²) in [7, 11) is 0. The molecule has 2 amide bonds. The number of hydrogen-bond acceptors (Lipinski definition) is 3. The second-order valence-electron chi connectivity index (χ2n) is 5.23. The molecule has 0 heterocycles. The molecule has 5 nitrogen and oxygen atoms in total. The van der Waals surface area contributed by atoms with Crippen molar-refractivity contribution in [2.45, 2.75) is 6.92 Å². The van der Waals surface area contributed by atoms with Crippen LogP contribution in [0, 0.1) is 19.3 Å². The highest BCUT2D eigenvalue weighted by Crippen LogP contribution is 2.18. The van der Waals surface area contributed by atoms with E-state index in [1.165, 1.54) is 0 Å². The third kappa shape index (κ3) is 4.97. The SMILES string of the molecule is C#CCNCC(=O)Nc1ccccc1C(=O)Nc1cccc(C)c1. The Bertz CT molecular complexity index is 778. The van der Waals surface area contributed by atoms with Gasteiger partial charge in [0.1, 0.15) is 0 Å². The van der Waals surface area contributed by atoms with Crippen molar-refractivity contribution in [1.82, 2.24) is 5.32 Å². The molecule has 24 heavy (non-hydrogen) atoms. The van der Waals surface area contributed by atoms with Gasteiger partial charge in [-0.3, -0.25) is 14.9 Å². The van der Waals surface area contributed by atoms with Crippen LogP contribution in [0.4, 0.5) is 11.4 Å². The van der Waals surface area contributed by atoms with Gasteiger partial charge in [-0.1, -0.05) is 30.2 Å². The van der Waals surface area contributed by atoms with Gasteiger partial charge >= 0.3 is 0 Å². The molecule has 122 valence electrons. The highest BCUT2D eigenvalue weighted by atomic mass is 16.2. The third-order valence-corrected chi connectivity index (χ3v) is 3.23. The molecule has 0 saturated carbocycles. The van der Waals surface area contributed by atoms with E-state index in [1.54, 1.807) is 24.3 Å². The Hall–Kier alpha value is -3.10. The number of amides is 2. The number of aryl methyl sites for hydroxylation is 1. The summed E-state index contributed by atoms with van der Waals surface area (Å²) in [5.74, 6) is 1.85. The molecule has 2 rings (SSSR count). The number of benzene rings is 2. The quantitative estimate of drug-likeness (QED) is 0.565. The normalized spacial score (nSPS) is 9.83. The fraction of sp³-hybridized carbons (Fsp3) is 0.158. The van der Waals surface area contributed by atoms with E-state index in [-0.39, 0.29) is 18.4 Å². The Morgan fingerprint density at radius 2 is 1.88 bits per heavy atom. The van der Waals surface area contributed by atoms with E-state index >= 15 is 0 Å². The van der Waals surface area contributed by atoms with Crippen molar-refractivity contribution in [2.75, 3.05) is 23.7 Å². The molecule has 0 aliphatic carbocycles. The molecule has 0 saturated heterocycles. The number of nitrogens with one attached hydrogen (secondary N) is 3. The smallest absolute Gasteiger partial charge is 0.257 e. The van der Waals surface area contributed by atoms with Crippen molar-refractivity contribution < 1.29 is 9.59 Å². The Morgan fingerprint density at radius 3 is 2.62 bits per heavy atom. The minimum atomic E-state index is -0.284. The van der Waals surface area contributed by atoms with E-state index in [2.05, 4.69) is 21.9 Å². The Balaban J connectivity index is 2.09. The zero-order chi connectivity index (χ0) is 17.4. The summed E-state index contributed by atoms with van der Waals surface area (Å²) >= 11 is 0. The molecule has 0 bridgehead atoms. The molecule has 5 heteroatoms. The van der Waals surface area contributed by atoms with Gasteiger partial charge in [-0.25, -0.2) is 0 Å². The predicted octanol–water partition coefficient (Wildman–Crippen LogP) is 2.41. The van der Waals surface area contributed by atoms with Gasteiger partial charge in [-0.05, 0) is 36.8 Å². The third-order valence-electron chi connectivity index (χ3n) is 3.23. The largest absolute Gasteiger partial charge is 0.324 e. The summed E-state index contributed by atoms with van der Waals surface area (Å²) < 4.78 is 0. The molecule has 0 aliphatic rings. The lowest BCUT2D eigenvalue weighted by Gasteiger charge is -2.12. The maximum Gasteiger partial charge on any atom is 0.257 e. The number of terminal acetylenes is 1. The maximum atomic E-state index is 12.5. The second-order valence-corrected chi connectivity index (χ2v) is 5.23. The van der Waals surface area contributed by atoms with Crippen LogP contribution in [-0.4, -0.2) is 24.9 Å². The van der Waals surface area contributed by atoms with Crippen molar-refractivity contribution in [3.63, 3.8) is 0 Å². The number of para-hydroxylation sites is 1. The van der Waals surface area contributed by atoms with Crippen molar-refractivity contribution >= 4 is 23.2 Å². The zero-order valence-corrected chi connectivity index (χ0v) is 13.4. The summed E-state index contributed by atoms with van der Waals surface area (Å²) in [5, 5.41) is 8.35. The van der Waals surface area contributed by atoms with E-state index in [0.717, 1.165) is 5.56 Å². The molecule has 0 fully saturated rings. The fourth-order valence-corrected chi connectivity index (χ4v) is 2.15. The first-order valence-electron chi connectivity index (χ1n) is 7.51. The first kappa shape index (κ1) is 17.3. The number of carbonyl (C=O) groups excluding carboxylic acids is 2. The van der Waals surface area contributed by atoms with E-state index in [1.807, 2.05) is 31.2 Å². The number of rotatable bonds is 6. The topological polar surface area (TPSA) is 70.2 Å². The van der Waals surface area contributed by atoms with Crippen LogP contribution in [0.1, 0.15) is 15.9 Å². The molecule has 0 aromatic heterocycles. The van der Waals surface area contributed by atoms with Crippen LogP contribution in [0.2, 0.25) is 0 Å². The van der Waals surface area contributed by atoms with Crippen molar-refractivity contribution in [3.8, 4) is 12.3 Å². The molecular formula is C19H19N3O2. The summed E-state index contributed by atoms with van der Waals surface area (Å²) in [6.45, 7) is 2.34. The molecular weight excluding hydrogens is 302 g/mol. The number of anilines is 2. The van der Waals surface area contributed by atoms with Crippen LogP contribution in [-0.2, 0) is 4.79 Å². The molecule has 0 unspecified atom stereocenters. The molecule has 0 radical (unpaired) electrons. The minimum Gasteiger partial charge on any atom is -0.324 e. The van der Waals surface area contributed by atoms with Gasteiger partial charge < -0.3 is 10.6 Å². The lowest BCUT2D eigenvalue weighted by Crippen LogP contribution is -2.29. The van der Waals surface area contributed by atoms with Crippen LogP contribution in [0.5, 0.6) is 0 Å². The fourth-order valence-electron chi connectivity index (χ4n) is 2.15. The average molecular weight is 321 g/mol. The van der Waals surface area contributed by atoms with Crippen LogP contribution >= 0.6 is 0 Å². The van der Waals surface area contributed by atoms with Gasteiger partial charge in [-0.15, -0.1) is 6.42 Å². The van der Waals surface area contributed by atoms with Crippen LogP contribution < -0.4 is 16.0 Å².